The van der Waals surface area contributed by atoms with Gasteiger partial charge >= 0.3 is 0 Å². The zero-order valence-corrected chi connectivity index (χ0v) is 16.4. The Bertz CT molecular complexity index is 1010. The van der Waals surface area contributed by atoms with Crippen LogP contribution in [0.2, 0.25) is 5.02 Å². The van der Waals surface area contributed by atoms with Crippen LogP contribution in [-0.4, -0.2) is 30.1 Å². The van der Waals surface area contributed by atoms with Crippen molar-refractivity contribution in [2.24, 2.45) is 0 Å². The first kappa shape index (κ1) is 19.4. The summed E-state index contributed by atoms with van der Waals surface area (Å²) in [6, 6.07) is 13.9. The van der Waals surface area contributed by atoms with Crippen molar-refractivity contribution < 1.29 is 14.3 Å². The van der Waals surface area contributed by atoms with Crippen LogP contribution in [0.4, 0.5) is 17.2 Å². The lowest BCUT2D eigenvalue weighted by Gasteiger charge is -2.12. The topological polar surface area (TPSA) is 85.4 Å². The molecule has 0 spiro atoms. The van der Waals surface area contributed by atoms with Crippen molar-refractivity contribution in [1.29, 1.82) is 0 Å². The van der Waals surface area contributed by atoms with Gasteiger partial charge in [0.25, 0.3) is 5.91 Å². The first-order valence-electron chi connectivity index (χ1n) is 8.41. The minimum absolute atomic E-state index is 0.208. The van der Waals surface area contributed by atoms with E-state index in [1.54, 1.807) is 44.4 Å². The molecule has 0 bridgehead atoms. The van der Waals surface area contributed by atoms with Gasteiger partial charge in [0.15, 0.2) is 0 Å². The van der Waals surface area contributed by atoms with E-state index < -0.39 is 5.91 Å². The Kier molecular flexibility index (Phi) is 5.96. The molecule has 0 unspecified atom stereocenters. The van der Waals surface area contributed by atoms with Gasteiger partial charge in [0.05, 0.1) is 30.6 Å². The van der Waals surface area contributed by atoms with Crippen LogP contribution < -0.4 is 20.1 Å². The summed E-state index contributed by atoms with van der Waals surface area (Å²) in [5.41, 5.74) is 1.40. The van der Waals surface area contributed by atoms with Crippen LogP contribution in [0.5, 0.6) is 11.5 Å². The van der Waals surface area contributed by atoms with Crippen LogP contribution in [-0.2, 0) is 0 Å². The van der Waals surface area contributed by atoms with Crippen LogP contribution in [0.1, 0.15) is 16.3 Å². The Morgan fingerprint density at radius 1 is 1.00 bits per heavy atom. The SMILES string of the molecule is COc1ccc(NC(=O)c2cc(Nc3ccccc3Cl)nc(C)n2)c(OC)c1. The number of ether oxygens (including phenoxy) is 2. The lowest BCUT2D eigenvalue weighted by Crippen LogP contribution is -2.16. The minimum Gasteiger partial charge on any atom is -0.497 e. The van der Waals surface area contributed by atoms with Gasteiger partial charge in [-0.15, -0.1) is 0 Å². The second-order valence-corrected chi connectivity index (χ2v) is 6.22. The Balaban J connectivity index is 1.84. The number of hydrogen-bond donors (Lipinski definition) is 2. The molecule has 0 saturated heterocycles. The fraction of sp³-hybridized carbons (Fsp3) is 0.150. The highest BCUT2D eigenvalue weighted by molar-refractivity contribution is 6.33. The molecule has 2 N–H and O–H groups in total. The Morgan fingerprint density at radius 2 is 1.79 bits per heavy atom. The number of anilines is 3. The molecule has 8 heteroatoms. The zero-order valence-electron chi connectivity index (χ0n) is 15.6. The Labute approximate surface area is 167 Å². The van der Waals surface area contributed by atoms with Crippen molar-refractivity contribution in [3.63, 3.8) is 0 Å². The summed E-state index contributed by atoms with van der Waals surface area (Å²) in [7, 11) is 3.08. The number of benzene rings is 2. The molecule has 0 aliphatic heterocycles. The zero-order chi connectivity index (χ0) is 20.1. The summed E-state index contributed by atoms with van der Waals surface area (Å²) in [6.07, 6.45) is 0. The van der Waals surface area contributed by atoms with Crippen LogP contribution in [0.15, 0.2) is 48.5 Å². The maximum absolute atomic E-state index is 12.7. The fourth-order valence-corrected chi connectivity index (χ4v) is 2.72. The number of amides is 1. The number of rotatable bonds is 6. The van der Waals surface area contributed by atoms with Crippen molar-refractivity contribution >= 4 is 34.7 Å². The van der Waals surface area contributed by atoms with Gasteiger partial charge in [0.1, 0.15) is 28.8 Å². The van der Waals surface area contributed by atoms with Gasteiger partial charge in [-0.3, -0.25) is 4.79 Å². The number of methoxy groups -OCH3 is 2. The van der Waals surface area contributed by atoms with E-state index in [0.717, 1.165) is 0 Å². The Hall–Kier alpha value is -3.32. The summed E-state index contributed by atoms with van der Waals surface area (Å²) in [4.78, 5) is 21.3. The summed E-state index contributed by atoms with van der Waals surface area (Å²) < 4.78 is 10.5. The second kappa shape index (κ2) is 8.58. The largest absolute Gasteiger partial charge is 0.497 e. The maximum Gasteiger partial charge on any atom is 0.274 e. The van der Waals surface area contributed by atoms with E-state index in [9.17, 15) is 4.79 Å². The molecule has 3 aromatic rings. The third-order valence-electron chi connectivity index (χ3n) is 3.86. The van der Waals surface area contributed by atoms with Crippen molar-refractivity contribution in [2.45, 2.75) is 6.92 Å². The average Bonchev–Trinajstić information content (AvgIpc) is 2.69. The molecule has 0 aliphatic rings. The van der Waals surface area contributed by atoms with E-state index in [4.69, 9.17) is 21.1 Å². The third-order valence-corrected chi connectivity index (χ3v) is 4.19. The van der Waals surface area contributed by atoms with Gasteiger partial charge in [0.2, 0.25) is 0 Å². The lowest BCUT2D eigenvalue weighted by atomic mass is 10.2. The number of carbonyl (C=O) groups excluding carboxylic acids is 1. The van der Waals surface area contributed by atoms with Gasteiger partial charge in [-0.1, -0.05) is 23.7 Å². The molecule has 144 valence electrons. The molecule has 0 saturated carbocycles. The van der Waals surface area contributed by atoms with Crippen molar-refractivity contribution in [1.82, 2.24) is 9.97 Å². The average molecular weight is 399 g/mol. The van der Waals surface area contributed by atoms with Gasteiger partial charge in [-0.05, 0) is 31.2 Å². The normalized spacial score (nSPS) is 10.3. The van der Waals surface area contributed by atoms with Gasteiger partial charge < -0.3 is 20.1 Å². The molecule has 1 heterocycles. The van der Waals surface area contributed by atoms with Crippen LogP contribution in [0, 0.1) is 6.92 Å². The molecule has 7 nitrogen and oxygen atoms in total. The van der Waals surface area contributed by atoms with Crippen molar-refractivity contribution in [3.05, 3.63) is 65.1 Å². The standard InChI is InChI=1S/C20H19ClN4O3/c1-12-22-17(11-19(23-12)24-15-7-5-4-6-14(15)21)20(26)25-16-9-8-13(27-2)10-18(16)28-3/h4-11H,1-3H3,(H,25,26)(H,22,23,24). The van der Waals surface area contributed by atoms with Crippen LogP contribution in [0.3, 0.4) is 0 Å². The summed E-state index contributed by atoms with van der Waals surface area (Å²) in [5, 5.41) is 6.45. The third kappa shape index (κ3) is 4.50. The van der Waals surface area contributed by atoms with Crippen LogP contribution in [0.25, 0.3) is 0 Å². The number of halogens is 1. The predicted molar refractivity (Wildman–Crippen MR) is 109 cm³/mol. The smallest absolute Gasteiger partial charge is 0.274 e. The molecule has 2 aromatic carbocycles. The van der Waals surface area contributed by atoms with Crippen LogP contribution >= 0.6 is 11.6 Å². The maximum atomic E-state index is 12.7. The highest BCUT2D eigenvalue weighted by Crippen LogP contribution is 2.29. The van der Waals surface area contributed by atoms with E-state index in [-0.39, 0.29) is 5.69 Å². The molecule has 3 rings (SSSR count). The predicted octanol–water partition coefficient (Wildman–Crippen LogP) is 4.45. The molecule has 0 fully saturated rings. The van der Waals surface area contributed by atoms with Gasteiger partial charge in [-0.2, -0.15) is 0 Å². The van der Waals surface area contributed by atoms with Gasteiger partial charge in [-0.25, -0.2) is 9.97 Å². The van der Waals surface area contributed by atoms with Crippen molar-refractivity contribution in [2.75, 3.05) is 24.9 Å². The first-order chi connectivity index (χ1) is 13.5. The molecule has 1 amide bonds. The highest BCUT2D eigenvalue weighted by Gasteiger charge is 2.14. The van der Waals surface area contributed by atoms with E-state index in [2.05, 4.69) is 20.6 Å². The number of carbonyl (C=O) groups is 1. The monoisotopic (exact) mass is 398 g/mol. The van der Waals surface area contributed by atoms with Crippen molar-refractivity contribution in [3.8, 4) is 11.5 Å². The molecule has 0 radical (unpaired) electrons. The number of aromatic nitrogens is 2. The number of para-hydroxylation sites is 1. The van der Waals surface area contributed by atoms with Gasteiger partial charge in [0, 0.05) is 12.1 Å². The molecule has 0 atom stereocenters. The quantitative estimate of drug-likeness (QED) is 0.638. The first-order valence-corrected chi connectivity index (χ1v) is 8.78. The Morgan fingerprint density at radius 3 is 2.50 bits per heavy atom. The number of nitrogens with one attached hydrogen (secondary N) is 2. The summed E-state index contributed by atoms with van der Waals surface area (Å²) in [5.74, 6) is 1.62. The highest BCUT2D eigenvalue weighted by atomic mass is 35.5. The van der Waals surface area contributed by atoms with E-state index >= 15 is 0 Å². The molecular weight excluding hydrogens is 380 g/mol. The number of aryl methyl sites for hydroxylation is 1. The molecule has 1 aromatic heterocycles. The van der Waals surface area contributed by atoms with E-state index in [0.29, 0.717) is 39.5 Å². The second-order valence-electron chi connectivity index (χ2n) is 5.81. The molecule has 0 aliphatic carbocycles. The molecular formula is C20H19ClN4O3. The number of nitrogens with zero attached hydrogens (tertiary/aromatic N) is 2. The van der Waals surface area contributed by atoms with E-state index in [1.165, 1.54) is 7.11 Å². The fourth-order valence-electron chi connectivity index (χ4n) is 2.54. The minimum atomic E-state index is -0.392. The summed E-state index contributed by atoms with van der Waals surface area (Å²) >= 11 is 6.17. The molecule has 28 heavy (non-hydrogen) atoms. The lowest BCUT2D eigenvalue weighted by molar-refractivity contribution is 0.102. The summed E-state index contributed by atoms with van der Waals surface area (Å²) in [6.45, 7) is 1.71. The number of hydrogen-bond acceptors (Lipinski definition) is 6. The van der Waals surface area contributed by atoms with E-state index in [1.807, 2.05) is 18.2 Å².